The Hall–Kier alpha value is -4.15. The highest BCUT2D eigenvalue weighted by molar-refractivity contribution is 5.92. The Morgan fingerprint density at radius 1 is 1.08 bits per heavy atom. The van der Waals surface area contributed by atoms with E-state index in [1.807, 2.05) is 12.1 Å². The van der Waals surface area contributed by atoms with Crippen molar-refractivity contribution < 1.29 is 28.7 Å². The van der Waals surface area contributed by atoms with Crippen LogP contribution in [0, 0.1) is 5.92 Å². The predicted molar refractivity (Wildman–Crippen MR) is 150 cm³/mol. The summed E-state index contributed by atoms with van der Waals surface area (Å²) in [5.74, 6) is -1.00. The van der Waals surface area contributed by atoms with E-state index in [0.717, 1.165) is 5.56 Å². The highest BCUT2D eigenvalue weighted by Crippen LogP contribution is 2.19. The second-order valence-corrected chi connectivity index (χ2v) is 9.03. The van der Waals surface area contributed by atoms with Gasteiger partial charge in [0.25, 0.3) is 6.47 Å². The first-order valence-corrected chi connectivity index (χ1v) is 12.8. The number of carbonyl (C=O) groups excluding carboxylic acids is 4. The van der Waals surface area contributed by atoms with Crippen LogP contribution in [0.3, 0.4) is 0 Å². The number of ketones is 1. The molecule has 6 N–H and O–H groups in total. The van der Waals surface area contributed by atoms with Crippen molar-refractivity contribution in [3.8, 4) is 5.75 Å². The summed E-state index contributed by atoms with van der Waals surface area (Å²) in [5.41, 5.74) is 11.6. The van der Waals surface area contributed by atoms with Crippen molar-refractivity contribution in [2.45, 2.75) is 57.5 Å². The lowest BCUT2D eigenvalue weighted by atomic mass is 9.90. The lowest BCUT2D eigenvalue weighted by molar-refractivity contribution is -0.134. The van der Waals surface area contributed by atoms with Crippen molar-refractivity contribution in [3.05, 3.63) is 55.1 Å². The fraction of sp³-hybridized carbons (Fsp3) is 0.464. The van der Waals surface area contributed by atoms with Gasteiger partial charge in [-0.2, -0.15) is 0 Å². The molecule has 39 heavy (non-hydrogen) atoms. The fourth-order valence-corrected chi connectivity index (χ4v) is 3.87. The molecule has 0 unspecified atom stereocenters. The Kier molecular flexibility index (Phi) is 16.0. The van der Waals surface area contributed by atoms with Crippen LogP contribution in [-0.4, -0.2) is 61.9 Å². The molecule has 214 valence electrons. The fourth-order valence-electron chi connectivity index (χ4n) is 3.87. The topological polar surface area (TPSA) is 175 Å². The molecule has 0 aliphatic carbocycles. The van der Waals surface area contributed by atoms with Gasteiger partial charge < -0.3 is 31.6 Å². The maximum atomic E-state index is 13.4. The summed E-state index contributed by atoms with van der Waals surface area (Å²) in [7, 11) is 0. The van der Waals surface area contributed by atoms with Crippen LogP contribution in [-0.2, 0) is 30.3 Å². The van der Waals surface area contributed by atoms with E-state index in [1.54, 1.807) is 24.3 Å². The molecule has 0 bridgehead atoms. The lowest BCUT2D eigenvalue weighted by Crippen LogP contribution is -2.45. The van der Waals surface area contributed by atoms with Crippen LogP contribution in [0.25, 0.3) is 0 Å². The number of carbonyl (C=O) groups is 4. The van der Waals surface area contributed by atoms with Crippen molar-refractivity contribution in [2.24, 2.45) is 22.4 Å². The van der Waals surface area contributed by atoms with Gasteiger partial charge in [-0.3, -0.25) is 24.2 Å². The van der Waals surface area contributed by atoms with E-state index in [9.17, 15) is 19.2 Å². The molecule has 0 saturated heterocycles. The SMILES string of the molecule is C=CCOc1ccc(C[C@H](NC(C)=O)C(=O)C[C@H](CCCCN=C(N)N)C(=O)N[C@@H](CC=C)COC=O)cc1. The van der Waals surface area contributed by atoms with Crippen LogP contribution in [0.15, 0.2) is 54.6 Å². The maximum absolute atomic E-state index is 13.4. The number of amides is 2. The van der Waals surface area contributed by atoms with Gasteiger partial charge in [0.1, 0.15) is 19.0 Å². The number of ether oxygens (including phenoxy) is 2. The van der Waals surface area contributed by atoms with Crippen LogP contribution >= 0.6 is 0 Å². The first-order chi connectivity index (χ1) is 18.7. The lowest BCUT2D eigenvalue weighted by Gasteiger charge is -2.23. The normalized spacial score (nSPS) is 12.6. The highest BCUT2D eigenvalue weighted by Gasteiger charge is 2.28. The molecule has 0 aliphatic rings. The van der Waals surface area contributed by atoms with E-state index < -0.39 is 18.0 Å². The molecule has 0 aromatic heterocycles. The third-order valence-corrected chi connectivity index (χ3v) is 5.73. The Morgan fingerprint density at radius 2 is 1.79 bits per heavy atom. The van der Waals surface area contributed by atoms with Crippen molar-refractivity contribution in [3.63, 3.8) is 0 Å². The van der Waals surface area contributed by atoms with Crippen LogP contribution in [0.1, 0.15) is 44.6 Å². The van der Waals surface area contributed by atoms with Gasteiger partial charge >= 0.3 is 0 Å². The summed E-state index contributed by atoms with van der Waals surface area (Å²) in [6, 6.07) is 5.90. The van der Waals surface area contributed by atoms with Crippen molar-refractivity contribution in [1.82, 2.24) is 10.6 Å². The molecule has 0 saturated carbocycles. The minimum atomic E-state index is -0.818. The minimum Gasteiger partial charge on any atom is -0.490 e. The molecular formula is C28H41N5O6. The number of unbranched alkanes of at least 4 members (excludes halogenated alkanes) is 1. The third-order valence-electron chi connectivity index (χ3n) is 5.73. The molecule has 0 heterocycles. The molecule has 11 nitrogen and oxygen atoms in total. The third kappa shape index (κ3) is 14.4. The van der Waals surface area contributed by atoms with Gasteiger partial charge in [0, 0.05) is 25.8 Å². The molecule has 0 spiro atoms. The smallest absolute Gasteiger partial charge is 0.293 e. The molecule has 3 atom stereocenters. The second kappa shape index (κ2) is 19.0. The van der Waals surface area contributed by atoms with Gasteiger partial charge in [0.2, 0.25) is 11.8 Å². The number of nitrogens with zero attached hydrogens (tertiary/aromatic N) is 1. The number of rotatable bonds is 21. The maximum Gasteiger partial charge on any atom is 0.293 e. The Balaban J connectivity index is 3.01. The molecule has 0 aliphatic heterocycles. The number of guanidine groups is 1. The first-order valence-electron chi connectivity index (χ1n) is 12.8. The number of hydrogen-bond donors (Lipinski definition) is 4. The summed E-state index contributed by atoms with van der Waals surface area (Å²) >= 11 is 0. The van der Waals surface area contributed by atoms with Gasteiger partial charge in [0.15, 0.2) is 11.7 Å². The molecule has 1 rings (SSSR count). The van der Waals surface area contributed by atoms with E-state index in [1.165, 1.54) is 6.92 Å². The standard InChI is InChI=1S/C28H41N5O6/c1-4-8-23(18-38-19-34)33-27(37)22(9-6-7-14-31-28(29)30)17-26(36)25(32-20(3)35)16-21-10-12-24(13-11-21)39-15-5-2/h4-5,10-13,19,22-23,25H,1-2,6-9,14-18H2,3H3,(H,32,35)(H,33,37)(H4,29,30,31)/t22-,23-,25-/m0/s1. The van der Waals surface area contributed by atoms with E-state index in [0.29, 0.717) is 51.1 Å². The number of nitrogens with two attached hydrogens (primary N) is 2. The molecule has 1 aromatic rings. The summed E-state index contributed by atoms with van der Waals surface area (Å²) in [6.07, 6.45) is 5.41. The number of aliphatic imine (C=N–C) groups is 1. The van der Waals surface area contributed by atoms with E-state index in [4.69, 9.17) is 20.9 Å². The summed E-state index contributed by atoms with van der Waals surface area (Å²) in [4.78, 5) is 53.1. The van der Waals surface area contributed by atoms with Gasteiger partial charge in [-0.25, -0.2) is 0 Å². The number of benzene rings is 1. The average molecular weight is 544 g/mol. The average Bonchev–Trinajstić information content (AvgIpc) is 2.89. The number of hydrogen-bond acceptors (Lipinski definition) is 7. The number of nitrogens with one attached hydrogen (secondary N) is 2. The van der Waals surface area contributed by atoms with Crippen molar-refractivity contribution in [1.29, 1.82) is 0 Å². The van der Waals surface area contributed by atoms with E-state index >= 15 is 0 Å². The van der Waals surface area contributed by atoms with Crippen LogP contribution < -0.4 is 26.8 Å². The van der Waals surface area contributed by atoms with E-state index in [2.05, 4.69) is 28.8 Å². The zero-order chi connectivity index (χ0) is 29.0. The zero-order valence-electron chi connectivity index (χ0n) is 22.6. The molecule has 0 fully saturated rings. The summed E-state index contributed by atoms with van der Waals surface area (Å²) in [5, 5.41) is 5.56. The second-order valence-electron chi connectivity index (χ2n) is 9.03. The quantitative estimate of drug-likeness (QED) is 0.0594. The molecular weight excluding hydrogens is 502 g/mol. The van der Waals surface area contributed by atoms with Crippen molar-refractivity contribution in [2.75, 3.05) is 19.8 Å². The summed E-state index contributed by atoms with van der Waals surface area (Å²) < 4.78 is 10.3. The van der Waals surface area contributed by atoms with Gasteiger partial charge in [0.05, 0.1) is 12.1 Å². The Bertz CT molecular complexity index is 975. The highest BCUT2D eigenvalue weighted by atomic mass is 16.5. The summed E-state index contributed by atoms with van der Waals surface area (Å²) in [6.45, 7) is 9.69. The molecule has 1 aromatic carbocycles. The largest absolute Gasteiger partial charge is 0.490 e. The van der Waals surface area contributed by atoms with Crippen molar-refractivity contribution >= 4 is 30.0 Å². The monoisotopic (exact) mass is 543 g/mol. The van der Waals surface area contributed by atoms with Gasteiger partial charge in [-0.05, 0) is 43.4 Å². The minimum absolute atomic E-state index is 0.0136. The Morgan fingerprint density at radius 3 is 2.38 bits per heavy atom. The molecule has 2 amide bonds. The van der Waals surface area contributed by atoms with Crippen LogP contribution in [0.5, 0.6) is 5.75 Å². The van der Waals surface area contributed by atoms with E-state index in [-0.39, 0.29) is 43.0 Å². The van der Waals surface area contributed by atoms with Gasteiger partial charge in [-0.15, -0.1) is 6.58 Å². The van der Waals surface area contributed by atoms with Crippen LogP contribution in [0.2, 0.25) is 0 Å². The Labute approximate surface area is 230 Å². The van der Waals surface area contributed by atoms with Crippen LogP contribution in [0.4, 0.5) is 0 Å². The predicted octanol–water partition coefficient (Wildman–Crippen LogP) is 1.55. The van der Waals surface area contributed by atoms with Gasteiger partial charge in [-0.1, -0.05) is 37.3 Å². The number of Topliss-reactive ketones (excluding diaryl/α,β-unsaturated/α-hetero) is 1. The molecule has 0 radical (unpaired) electrons. The first kappa shape index (κ1) is 32.9. The zero-order valence-corrected chi connectivity index (χ0v) is 22.6. The molecule has 11 heteroatoms.